The first kappa shape index (κ1) is 22.7. The molecule has 2 aliphatic heterocycles. The van der Waals surface area contributed by atoms with Crippen molar-refractivity contribution in [2.75, 3.05) is 32.1 Å². The summed E-state index contributed by atoms with van der Waals surface area (Å²) in [6.45, 7) is 7.54. The molecule has 1 fully saturated rings. The Balaban J connectivity index is 1.61. The van der Waals surface area contributed by atoms with Crippen molar-refractivity contribution < 1.29 is 18.7 Å². The predicted molar refractivity (Wildman–Crippen MR) is 130 cm³/mol. The molecule has 1 N–H and O–H groups in total. The van der Waals surface area contributed by atoms with E-state index < -0.39 is 6.09 Å². The molecule has 34 heavy (non-hydrogen) atoms. The highest BCUT2D eigenvalue weighted by Crippen LogP contribution is 2.40. The second-order valence-corrected chi connectivity index (χ2v) is 9.16. The highest BCUT2D eigenvalue weighted by Gasteiger charge is 2.29. The van der Waals surface area contributed by atoms with Gasteiger partial charge in [0, 0.05) is 23.5 Å². The van der Waals surface area contributed by atoms with E-state index in [0.717, 1.165) is 22.3 Å². The van der Waals surface area contributed by atoms with Crippen LogP contribution in [0.1, 0.15) is 17.5 Å². The van der Waals surface area contributed by atoms with Crippen molar-refractivity contribution >= 4 is 34.4 Å². The molecule has 0 bridgehead atoms. The molecule has 2 aromatic carbocycles. The van der Waals surface area contributed by atoms with E-state index in [1.807, 2.05) is 29.7 Å². The van der Waals surface area contributed by atoms with Crippen molar-refractivity contribution in [1.82, 2.24) is 14.5 Å². The van der Waals surface area contributed by atoms with Crippen molar-refractivity contribution in [3.63, 3.8) is 0 Å². The third-order valence-electron chi connectivity index (χ3n) is 6.39. The number of ether oxygens (including phenoxy) is 2. The van der Waals surface area contributed by atoms with Crippen LogP contribution in [0.2, 0.25) is 5.02 Å². The Kier molecular flexibility index (Phi) is 5.95. The van der Waals surface area contributed by atoms with Crippen LogP contribution >= 0.6 is 11.6 Å². The van der Waals surface area contributed by atoms with Crippen LogP contribution in [-0.2, 0) is 22.4 Å². The fourth-order valence-electron chi connectivity index (χ4n) is 4.69. The highest BCUT2D eigenvalue weighted by atomic mass is 35.5. The van der Waals surface area contributed by atoms with Crippen LogP contribution in [-0.4, -0.2) is 53.5 Å². The number of aryl methyl sites for hydroxylation is 1. The maximum absolute atomic E-state index is 15.9. The van der Waals surface area contributed by atoms with Gasteiger partial charge in [-0.3, -0.25) is 0 Å². The number of rotatable bonds is 3. The third kappa shape index (κ3) is 4.01. The molecule has 1 amide bonds. The van der Waals surface area contributed by atoms with E-state index in [4.69, 9.17) is 26.1 Å². The zero-order valence-electron chi connectivity index (χ0n) is 19.2. The van der Waals surface area contributed by atoms with Crippen molar-refractivity contribution in [2.24, 2.45) is 0 Å². The zero-order valence-corrected chi connectivity index (χ0v) is 19.9. The average Bonchev–Trinajstić information content (AvgIpc) is 3.15. The second-order valence-electron chi connectivity index (χ2n) is 8.75. The van der Waals surface area contributed by atoms with Gasteiger partial charge in [0.2, 0.25) is 0 Å². The largest absolute Gasteiger partial charge is 0.453 e. The SMILES string of the molecule is C=C1CCc2c(cc(Cl)c(-c3nc4cc(C)ccc4n3C[C@H]3CN(C(=O)OC)CCO3)c2F)N1. The molecule has 1 atom stereocenters. The van der Waals surface area contributed by atoms with Crippen LogP contribution in [0.15, 0.2) is 36.5 Å². The van der Waals surface area contributed by atoms with Gasteiger partial charge in [0.15, 0.2) is 0 Å². The summed E-state index contributed by atoms with van der Waals surface area (Å²) in [5, 5.41) is 3.41. The molecule has 5 rings (SSSR count). The minimum Gasteiger partial charge on any atom is -0.453 e. The summed E-state index contributed by atoms with van der Waals surface area (Å²) in [6.07, 6.45) is 0.489. The number of benzene rings is 2. The summed E-state index contributed by atoms with van der Waals surface area (Å²) in [5.41, 5.74) is 4.97. The lowest BCUT2D eigenvalue weighted by molar-refractivity contribution is -0.0310. The molecule has 0 unspecified atom stereocenters. The summed E-state index contributed by atoms with van der Waals surface area (Å²) in [5.74, 6) is 0.0608. The number of amides is 1. The highest BCUT2D eigenvalue weighted by molar-refractivity contribution is 6.33. The van der Waals surface area contributed by atoms with Gasteiger partial charge in [0.05, 0.1) is 54.5 Å². The van der Waals surface area contributed by atoms with Crippen LogP contribution in [0.5, 0.6) is 0 Å². The average molecular weight is 485 g/mol. The Bertz CT molecular complexity index is 1310. The van der Waals surface area contributed by atoms with E-state index in [9.17, 15) is 4.79 Å². The van der Waals surface area contributed by atoms with E-state index in [1.54, 1.807) is 11.0 Å². The maximum Gasteiger partial charge on any atom is 0.409 e. The minimum absolute atomic E-state index is 0.268. The molecule has 9 heteroatoms. The number of hydrogen-bond donors (Lipinski definition) is 1. The van der Waals surface area contributed by atoms with Gasteiger partial charge in [-0.05, 0) is 43.5 Å². The number of methoxy groups -OCH3 is 1. The van der Waals surface area contributed by atoms with Gasteiger partial charge < -0.3 is 24.3 Å². The maximum atomic E-state index is 15.9. The third-order valence-corrected chi connectivity index (χ3v) is 6.69. The van der Waals surface area contributed by atoms with E-state index in [2.05, 4.69) is 11.9 Å². The Morgan fingerprint density at radius 2 is 2.21 bits per heavy atom. The molecule has 3 heterocycles. The number of allylic oxidation sites excluding steroid dienone is 1. The van der Waals surface area contributed by atoms with Crippen LogP contribution in [0.3, 0.4) is 0 Å². The molecule has 3 aromatic rings. The quantitative estimate of drug-likeness (QED) is 0.557. The zero-order chi connectivity index (χ0) is 24.0. The summed E-state index contributed by atoms with van der Waals surface area (Å²) < 4.78 is 28.7. The molecule has 7 nitrogen and oxygen atoms in total. The van der Waals surface area contributed by atoms with Crippen LogP contribution in [0.25, 0.3) is 22.4 Å². The van der Waals surface area contributed by atoms with Crippen molar-refractivity contribution in [3.05, 3.63) is 58.5 Å². The first-order chi connectivity index (χ1) is 16.4. The van der Waals surface area contributed by atoms with Crippen molar-refractivity contribution in [1.29, 1.82) is 0 Å². The van der Waals surface area contributed by atoms with Gasteiger partial charge in [-0.1, -0.05) is 24.2 Å². The van der Waals surface area contributed by atoms with Crippen molar-refractivity contribution in [2.45, 2.75) is 32.4 Å². The normalized spacial score (nSPS) is 18.1. The number of nitrogens with one attached hydrogen (secondary N) is 1. The lowest BCUT2D eigenvalue weighted by atomic mass is 9.98. The molecule has 2 aliphatic rings. The fourth-order valence-corrected chi connectivity index (χ4v) is 4.97. The predicted octanol–water partition coefficient (Wildman–Crippen LogP) is 5.14. The summed E-state index contributed by atoms with van der Waals surface area (Å²) in [4.78, 5) is 18.5. The van der Waals surface area contributed by atoms with Gasteiger partial charge in [0.1, 0.15) is 11.6 Å². The van der Waals surface area contributed by atoms with Gasteiger partial charge in [-0.2, -0.15) is 0 Å². The molecular formula is C25H26ClFN4O3. The molecule has 0 aliphatic carbocycles. The first-order valence-corrected chi connectivity index (χ1v) is 11.6. The number of carbonyl (C=O) groups excluding carboxylic acids is 1. The molecule has 0 saturated carbocycles. The smallest absolute Gasteiger partial charge is 0.409 e. The number of fused-ring (bicyclic) bond motifs is 2. The number of anilines is 1. The molecule has 1 aromatic heterocycles. The summed E-state index contributed by atoms with van der Waals surface area (Å²) >= 11 is 6.64. The summed E-state index contributed by atoms with van der Waals surface area (Å²) in [6, 6.07) is 7.67. The van der Waals surface area contributed by atoms with Gasteiger partial charge in [0.25, 0.3) is 0 Å². The number of morpholine rings is 1. The Labute approximate surface area is 202 Å². The molecule has 0 spiro atoms. The van der Waals surface area contributed by atoms with E-state index >= 15 is 4.39 Å². The Hall–Kier alpha value is -3.10. The minimum atomic E-state index is -0.391. The Morgan fingerprint density at radius 3 is 3.00 bits per heavy atom. The van der Waals surface area contributed by atoms with Crippen molar-refractivity contribution in [3.8, 4) is 11.4 Å². The Morgan fingerprint density at radius 1 is 1.38 bits per heavy atom. The van der Waals surface area contributed by atoms with E-state index in [0.29, 0.717) is 56.2 Å². The van der Waals surface area contributed by atoms with E-state index in [1.165, 1.54) is 7.11 Å². The number of hydrogen-bond acceptors (Lipinski definition) is 5. The van der Waals surface area contributed by atoms with Crippen LogP contribution in [0.4, 0.5) is 14.9 Å². The van der Waals surface area contributed by atoms with Gasteiger partial charge in [-0.25, -0.2) is 14.2 Å². The standard InChI is InChI=1S/C25H26ClFN4O3/c1-14-4-7-21-20(10-14)29-24(31(21)13-16-12-30(8-9-34-16)25(32)33-3)22-18(26)11-19-17(23(22)27)6-5-15(2)28-19/h4,7,10-11,16,28H,2,5-6,8-9,12-13H2,1,3H3/t16-/m1/s1. The number of halogens is 2. The van der Waals surface area contributed by atoms with Crippen LogP contribution in [0, 0.1) is 12.7 Å². The molecule has 0 radical (unpaired) electrons. The van der Waals surface area contributed by atoms with Crippen LogP contribution < -0.4 is 5.32 Å². The molecule has 1 saturated heterocycles. The number of aromatic nitrogens is 2. The topological polar surface area (TPSA) is 68.6 Å². The number of imidazole rings is 1. The number of carbonyl (C=O) groups is 1. The first-order valence-electron chi connectivity index (χ1n) is 11.2. The monoisotopic (exact) mass is 484 g/mol. The second kappa shape index (κ2) is 8.92. The lowest BCUT2D eigenvalue weighted by Crippen LogP contribution is -2.47. The summed E-state index contributed by atoms with van der Waals surface area (Å²) in [7, 11) is 1.36. The molecular weight excluding hydrogens is 459 g/mol. The number of nitrogens with zero attached hydrogens (tertiary/aromatic N) is 3. The lowest BCUT2D eigenvalue weighted by Gasteiger charge is -2.32. The van der Waals surface area contributed by atoms with Gasteiger partial charge >= 0.3 is 6.09 Å². The molecule has 178 valence electrons. The van der Waals surface area contributed by atoms with E-state index in [-0.39, 0.29) is 22.5 Å². The fraction of sp³-hybridized carbons (Fsp3) is 0.360. The van der Waals surface area contributed by atoms with Gasteiger partial charge in [-0.15, -0.1) is 0 Å².